The molecule has 8 heteroatoms. The Kier molecular flexibility index (Phi) is 4.31. The predicted molar refractivity (Wildman–Crippen MR) is 76.7 cm³/mol. The maximum atomic E-state index is 12.2. The second-order valence-electron chi connectivity index (χ2n) is 4.15. The van der Waals surface area contributed by atoms with Crippen molar-refractivity contribution in [3.63, 3.8) is 0 Å². The van der Waals surface area contributed by atoms with Gasteiger partial charge < -0.3 is 4.18 Å². The Morgan fingerprint density at radius 3 is 1.76 bits per heavy atom. The maximum Gasteiger partial charge on any atom is 0.333 e. The molecule has 0 saturated heterocycles. The molecule has 0 aliphatic heterocycles. The van der Waals surface area contributed by atoms with Gasteiger partial charge in [-0.2, -0.15) is 16.8 Å². The first kappa shape index (κ1) is 15.5. The molecular formula is C13H12O6S2. The monoisotopic (exact) mass is 328 g/mol. The summed E-state index contributed by atoms with van der Waals surface area (Å²) in [7, 11) is -9.53. The lowest BCUT2D eigenvalue weighted by Crippen LogP contribution is -2.26. The van der Waals surface area contributed by atoms with Gasteiger partial charge in [0.15, 0.2) is 0 Å². The van der Waals surface area contributed by atoms with Gasteiger partial charge in [-0.3, -0.25) is 4.55 Å². The molecule has 1 atom stereocenters. The van der Waals surface area contributed by atoms with Crippen LogP contribution in [0, 0.1) is 0 Å². The normalized spacial score (nSPS) is 13.6. The molecule has 21 heavy (non-hydrogen) atoms. The molecule has 1 N–H and O–H groups in total. The van der Waals surface area contributed by atoms with Crippen LogP contribution in [0.15, 0.2) is 60.7 Å². The minimum atomic E-state index is -4.91. The van der Waals surface area contributed by atoms with Crippen molar-refractivity contribution in [2.75, 3.05) is 0 Å². The number of hydrogen-bond acceptors (Lipinski definition) is 5. The summed E-state index contributed by atoms with van der Waals surface area (Å²) in [5, 5.41) is 0. The van der Waals surface area contributed by atoms with Gasteiger partial charge in [-0.1, -0.05) is 48.5 Å². The van der Waals surface area contributed by atoms with Gasteiger partial charge in [-0.15, -0.1) is 0 Å². The molecule has 112 valence electrons. The van der Waals surface area contributed by atoms with Crippen molar-refractivity contribution in [2.24, 2.45) is 0 Å². The number of hydrogen-bond donors (Lipinski definition) is 1. The highest BCUT2D eigenvalue weighted by Gasteiger charge is 2.40. The van der Waals surface area contributed by atoms with Crippen LogP contribution in [-0.2, 0) is 20.2 Å². The minimum absolute atomic E-state index is 0.0397. The fraction of sp³-hybridized carbons (Fsp3) is 0.0769. The lowest BCUT2D eigenvalue weighted by molar-refractivity contribution is 0.458. The van der Waals surface area contributed by atoms with E-state index < -0.39 is 24.8 Å². The summed E-state index contributed by atoms with van der Waals surface area (Å²) in [6, 6.07) is 14.5. The van der Waals surface area contributed by atoms with Crippen molar-refractivity contribution in [3.8, 4) is 5.75 Å². The Hall–Kier alpha value is -1.90. The predicted octanol–water partition coefficient (Wildman–Crippen LogP) is 1.98. The van der Waals surface area contributed by atoms with Crippen LogP contribution in [0.4, 0.5) is 0 Å². The van der Waals surface area contributed by atoms with Crippen molar-refractivity contribution >= 4 is 20.2 Å². The lowest BCUT2D eigenvalue weighted by atomic mass is 10.2. The average molecular weight is 328 g/mol. The third-order valence-electron chi connectivity index (χ3n) is 2.56. The summed E-state index contributed by atoms with van der Waals surface area (Å²) in [6.45, 7) is 0. The molecule has 0 heterocycles. The summed E-state index contributed by atoms with van der Waals surface area (Å²) in [5.74, 6) is -0.0397. The van der Waals surface area contributed by atoms with Gasteiger partial charge in [-0.25, -0.2) is 0 Å². The van der Waals surface area contributed by atoms with Crippen LogP contribution in [0.25, 0.3) is 0 Å². The molecule has 0 aromatic heterocycles. The zero-order chi connectivity index (χ0) is 15.5. The summed E-state index contributed by atoms with van der Waals surface area (Å²) >= 11 is 0. The van der Waals surface area contributed by atoms with E-state index in [1.807, 2.05) is 0 Å². The Morgan fingerprint density at radius 1 is 0.810 bits per heavy atom. The lowest BCUT2D eigenvalue weighted by Gasteiger charge is -2.15. The van der Waals surface area contributed by atoms with Gasteiger partial charge in [0.05, 0.1) is 0 Å². The van der Waals surface area contributed by atoms with E-state index in [0.717, 1.165) is 0 Å². The van der Waals surface area contributed by atoms with Crippen LogP contribution < -0.4 is 4.18 Å². The standard InChI is InChI=1S/C13H12O6S2/c14-20(15,16)13(11-7-3-1-4-8-11)21(17,18)19-12-9-5-2-6-10-12/h1-10,13H,(H,14,15,16). The molecule has 0 bridgehead atoms. The molecule has 2 rings (SSSR count). The second kappa shape index (κ2) is 5.84. The number of rotatable bonds is 5. The first-order chi connectivity index (χ1) is 9.81. The largest absolute Gasteiger partial charge is 0.381 e. The van der Waals surface area contributed by atoms with Gasteiger partial charge >= 0.3 is 10.1 Å². The van der Waals surface area contributed by atoms with Gasteiger partial charge in [0.1, 0.15) is 5.75 Å². The molecule has 2 aromatic carbocycles. The summed E-state index contributed by atoms with van der Waals surface area (Å²) in [4.78, 5) is 0. The first-order valence-electron chi connectivity index (χ1n) is 5.80. The van der Waals surface area contributed by atoms with Crippen molar-refractivity contribution < 1.29 is 25.6 Å². The third kappa shape index (κ3) is 3.81. The molecule has 2 aromatic rings. The van der Waals surface area contributed by atoms with Crippen molar-refractivity contribution in [1.29, 1.82) is 0 Å². The Morgan fingerprint density at radius 2 is 1.29 bits per heavy atom. The first-order valence-corrected chi connectivity index (χ1v) is 8.78. The van der Waals surface area contributed by atoms with Crippen LogP contribution in [0.2, 0.25) is 0 Å². The molecule has 0 saturated carbocycles. The number of para-hydroxylation sites is 1. The molecule has 0 fully saturated rings. The van der Waals surface area contributed by atoms with E-state index in [9.17, 15) is 21.4 Å². The quantitative estimate of drug-likeness (QED) is 0.666. The number of benzene rings is 2. The zero-order valence-corrected chi connectivity index (χ0v) is 12.3. The highest BCUT2D eigenvalue weighted by Crippen LogP contribution is 2.30. The van der Waals surface area contributed by atoms with E-state index in [2.05, 4.69) is 0 Å². The molecule has 6 nitrogen and oxygen atoms in total. The Labute approximate surface area is 122 Å². The molecule has 0 radical (unpaired) electrons. The fourth-order valence-electron chi connectivity index (χ4n) is 1.75. The highest BCUT2D eigenvalue weighted by atomic mass is 32.3. The fourth-order valence-corrected chi connectivity index (χ4v) is 4.52. The van der Waals surface area contributed by atoms with Gasteiger partial charge in [0.2, 0.25) is 4.58 Å². The minimum Gasteiger partial charge on any atom is -0.381 e. The van der Waals surface area contributed by atoms with Crippen LogP contribution in [0.3, 0.4) is 0 Å². The maximum absolute atomic E-state index is 12.2. The Balaban J connectivity index is 2.47. The average Bonchev–Trinajstić information content (AvgIpc) is 2.38. The molecule has 0 spiro atoms. The molecule has 0 aliphatic carbocycles. The van der Waals surface area contributed by atoms with Crippen molar-refractivity contribution in [1.82, 2.24) is 0 Å². The van der Waals surface area contributed by atoms with Gasteiger partial charge in [0, 0.05) is 0 Å². The smallest absolute Gasteiger partial charge is 0.333 e. The van der Waals surface area contributed by atoms with Crippen LogP contribution in [0.5, 0.6) is 5.75 Å². The van der Waals surface area contributed by atoms with Crippen LogP contribution in [0.1, 0.15) is 10.1 Å². The molecule has 0 amide bonds. The van der Waals surface area contributed by atoms with E-state index in [1.54, 1.807) is 12.1 Å². The van der Waals surface area contributed by atoms with Gasteiger partial charge in [0.25, 0.3) is 10.1 Å². The second-order valence-corrected chi connectivity index (χ2v) is 7.57. The third-order valence-corrected chi connectivity index (χ3v) is 6.03. The van der Waals surface area contributed by atoms with Gasteiger partial charge in [-0.05, 0) is 17.7 Å². The summed E-state index contributed by atoms with van der Waals surface area (Å²) in [6.07, 6.45) is 0. The summed E-state index contributed by atoms with van der Waals surface area (Å²) < 4.78 is 59.1. The summed E-state index contributed by atoms with van der Waals surface area (Å²) in [5.41, 5.74) is -0.101. The topological polar surface area (TPSA) is 97.7 Å². The van der Waals surface area contributed by atoms with E-state index >= 15 is 0 Å². The van der Waals surface area contributed by atoms with E-state index in [4.69, 9.17) is 4.18 Å². The highest BCUT2D eigenvalue weighted by molar-refractivity contribution is 8.03. The van der Waals surface area contributed by atoms with E-state index in [0.29, 0.717) is 0 Å². The molecule has 1 unspecified atom stereocenters. The Bertz CT molecular complexity index is 798. The molecular weight excluding hydrogens is 316 g/mol. The van der Waals surface area contributed by atoms with Crippen LogP contribution in [-0.4, -0.2) is 21.4 Å². The molecule has 0 aliphatic rings. The van der Waals surface area contributed by atoms with Crippen LogP contribution >= 0.6 is 0 Å². The van der Waals surface area contributed by atoms with Crippen molar-refractivity contribution in [3.05, 3.63) is 66.2 Å². The zero-order valence-electron chi connectivity index (χ0n) is 10.7. The van der Waals surface area contributed by atoms with E-state index in [-0.39, 0.29) is 11.3 Å². The van der Waals surface area contributed by atoms with E-state index in [1.165, 1.54) is 48.5 Å². The SMILES string of the molecule is O=S(=O)(O)C(c1ccccc1)S(=O)(=O)Oc1ccccc1. The van der Waals surface area contributed by atoms with Crippen molar-refractivity contribution in [2.45, 2.75) is 4.58 Å².